The molecular weight excluding hydrogens is 420 g/mol. The lowest BCUT2D eigenvalue weighted by Crippen LogP contribution is -2.14. The zero-order valence-electron chi connectivity index (χ0n) is 19.1. The molecule has 2 rings (SSSR count). The van der Waals surface area contributed by atoms with Crippen LogP contribution >= 0.6 is 0 Å². The minimum Gasteiger partial charge on any atom is -0.423 e. The fraction of sp³-hybridized carbons (Fsp3) is 0.333. The van der Waals surface area contributed by atoms with E-state index < -0.39 is 25.2 Å². The van der Waals surface area contributed by atoms with E-state index in [1.54, 1.807) is 12.1 Å². The summed E-state index contributed by atoms with van der Waals surface area (Å²) >= 11 is 0. The van der Waals surface area contributed by atoms with Crippen LogP contribution in [-0.4, -0.2) is 35.4 Å². The Kier molecular flexibility index (Phi) is 10.5. The number of aryl methyl sites for hydroxylation is 1. The Labute approximate surface area is 195 Å². The van der Waals surface area contributed by atoms with Crippen molar-refractivity contribution in [2.75, 3.05) is 13.2 Å². The van der Waals surface area contributed by atoms with Gasteiger partial charge >= 0.3 is 11.9 Å². The highest BCUT2D eigenvalue weighted by molar-refractivity contribution is 5.91. The lowest BCUT2D eigenvalue weighted by molar-refractivity contribution is -0.131. The number of carbonyl (C=O) groups excluding carboxylic acids is 2. The molecule has 0 atom stereocenters. The third kappa shape index (κ3) is 8.33. The van der Waals surface area contributed by atoms with E-state index >= 15 is 0 Å². The van der Waals surface area contributed by atoms with E-state index in [2.05, 4.69) is 32.2 Å². The smallest absolute Gasteiger partial charge is 0.341 e. The maximum Gasteiger partial charge on any atom is 0.341 e. The normalized spacial score (nSPS) is 10.5. The maximum absolute atomic E-state index is 12.1. The maximum atomic E-state index is 12.1. The van der Waals surface area contributed by atoms with Crippen molar-refractivity contribution in [3.05, 3.63) is 72.3 Å². The van der Waals surface area contributed by atoms with Gasteiger partial charge in [-0.05, 0) is 41.7 Å². The van der Waals surface area contributed by atoms with E-state index in [1.807, 2.05) is 12.1 Å². The molecule has 0 spiro atoms. The molecule has 2 N–H and O–H groups in total. The van der Waals surface area contributed by atoms with Crippen LogP contribution in [0, 0.1) is 0 Å². The average Bonchev–Trinajstić information content (AvgIpc) is 2.82. The molecule has 0 amide bonds. The van der Waals surface area contributed by atoms with Gasteiger partial charge in [0, 0.05) is 6.07 Å². The summed E-state index contributed by atoms with van der Waals surface area (Å²) in [7, 11) is 0. The van der Waals surface area contributed by atoms with E-state index in [1.165, 1.54) is 37.3 Å². The van der Waals surface area contributed by atoms with Crippen LogP contribution < -0.4 is 9.47 Å². The summed E-state index contributed by atoms with van der Waals surface area (Å²) in [6.45, 7) is 8.05. The Morgan fingerprint density at radius 3 is 1.76 bits per heavy atom. The predicted octanol–water partition coefficient (Wildman–Crippen LogP) is 4.77. The van der Waals surface area contributed by atoms with Crippen LogP contribution in [0.4, 0.5) is 0 Å². The van der Waals surface area contributed by atoms with Crippen molar-refractivity contribution in [2.24, 2.45) is 0 Å². The molecule has 0 radical (unpaired) electrons. The van der Waals surface area contributed by atoms with Gasteiger partial charge < -0.3 is 19.7 Å². The highest BCUT2D eigenvalue weighted by atomic mass is 16.5. The van der Waals surface area contributed by atoms with Crippen molar-refractivity contribution in [2.45, 2.75) is 45.4 Å². The van der Waals surface area contributed by atoms with E-state index in [4.69, 9.17) is 19.7 Å². The van der Waals surface area contributed by atoms with Gasteiger partial charge in [0.15, 0.2) is 0 Å². The van der Waals surface area contributed by atoms with Gasteiger partial charge in [0.1, 0.15) is 11.5 Å². The first-order chi connectivity index (χ1) is 15.9. The Balaban J connectivity index is 2.24. The van der Waals surface area contributed by atoms with E-state index in [0.29, 0.717) is 5.56 Å². The van der Waals surface area contributed by atoms with Crippen molar-refractivity contribution >= 4 is 11.9 Å². The number of unbranched alkanes of at least 4 members (excludes halogenated alkanes) is 4. The standard InChI is InChI=1S/C27H32O6/c1-4-5-6-7-8-9-21-10-12-22(13-11-21)23-14-24(32-26(30)19(2)17-28)16-25(15-23)33-27(31)20(3)18-29/h10-16,28-29H,2-9,17-18H2,1H3. The minimum absolute atomic E-state index is 0.101. The van der Waals surface area contributed by atoms with Crippen LogP contribution in [-0.2, 0) is 16.0 Å². The third-order valence-corrected chi connectivity index (χ3v) is 5.12. The molecule has 0 aliphatic heterocycles. The Bertz CT molecular complexity index is 926. The second-order valence-electron chi connectivity index (χ2n) is 7.86. The molecule has 0 bridgehead atoms. The summed E-state index contributed by atoms with van der Waals surface area (Å²) in [5.41, 5.74) is 2.55. The van der Waals surface area contributed by atoms with Gasteiger partial charge in [-0.3, -0.25) is 0 Å². The van der Waals surface area contributed by atoms with Crippen molar-refractivity contribution in [3.8, 4) is 22.6 Å². The first kappa shape index (κ1) is 26.0. The average molecular weight is 453 g/mol. The quantitative estimate of drug-likeness (QED) is 0.197. The second kappa shape index (κ2) is 13.4. The lowest BCUT2D eigenvalue weighted by Gasteiger charge is -2.12. The number of carbonyl (C=O) groups is 2. The Morgan fingerprint density at radius 2 is 1.27 bits per heavy atom. The third-order valence-electron chi connectivity index (χ3n) is 5.12. The summed E-state index contributed by atoms with van der Waals surface area (Å²) in [5.74, 6) is -1.32. The molecule has 6 nitrogen and oxygen atoms in total. The van der Waals surface area contributed by atoms with Crippen molar-refractivity contribution in [3.63, 3.8) is 0 Å². The number of hydrogen-bond donors (Lipinski definition) is 2. The molecule has 0 unspecified atom stereocenters. The fourth-order valence-corrected chi connectivity index (χ4v) is 3.14. The van der Waals surface area contributed by atoms with Gasteiger partial charge in [-0.15, -0.1) is 0 Å². The number of ether oxygens (including phenoxy) is 2. The molecule has 33 heavy (non-hydrogen) atoms. The van der Waals surface area contributed by atoms with Gasteiger partial charge in [0.05, 0.1) is 24.4 Å². The highest BCUT2D eigenvalue weighted by Crippen LogP contribution is 2.31. The number of hydrogen-bond acceptors (Lipinski definition) is 6. The molecule has 6 heteroatoms. The van der Waals surface area contributed by atoms with Crippen LogP contribution in [0.2, 0.25) is 0 Å². The molecule has 0 fully saturated rings. The fourth-order valence-electron chi connectivity index (χ4n) is 3.14. The summed E-state index contributed by atoms with van der Waals surface area (Å²) in [6, 6.07) is 12.7. The summed E-state index contributed by atoms with van der Waals surface area (Å²) in [5, 5.41) is 18.2. The monoisotopic (exact) mass is 452 g/mol. The molecule has 0 aliphatic rings. The van der Waals surface area contributed by atoms with Gasteiger partial charge in [-0.2, -0.15) is 0 Å². The highest BCUT2D eigenvalue weighted by Gasteiger charge is 2.15. The van der Waals surface area contributed by atoms with Crippen molar-refractivity contribution in [1.82, 2.24) is 0 Å². The predicted molar refractivity (Wildman–Crippen MR) is 128 cm³/mol. The van der Waals surface area contributed by atoms with Crippen LogP contribution in [0.1, 0.15) is 44.6 Å². The van der Waals surface area contributed by atoms with Gasteiger partial charge in [0.25, 0.3) is 0 Å². The van der Waals surface area contributed by atoms with Gasteiger partial charge in [0.2, 0.25) is 0 Å². The zero-order valence-corrected chi connectivity index (χ0v) is 19.1. The van der Waals surface area contributed by atoms with Gasteiger partial charge in [-0.25, -0.2) is 9.59 Å². The van der Waals surface area contributed by atoms with Crippen molar-refractivity contribution < 1.29 is 29.3 Å². The topological polar surface area (TPSA) is 93.1 Å². The molecule has 0 saturated heterocycles. The SMILES string of the molecule is C=C(CO)C(=O)Oc1cc(OC(=O)C(=C)CO)cc(-c2ccc(CCCCCCC)cc2)c1. The minimum atomic E-state index is -0.787. The summed E-state index contributed by atoms with van der Waals surface area (Å²) in [4.78, 5) is 24.1. The largest absolute Gasteiger partial charge is 0.423 e. The molecule has 0 heterocycles. The van der Waals surface area contributed by atoms with E-state index in [-0.39, 0.29) is 22.6 Å². The van der Waals surface area contributed by atoms with Crippen LogP contribution in [0.15, 0.2) is 66.8 Å². The van der Waals surface area contributed by atoms with Crippen LogP contribution in [0.3, 0.4) is 0 Å². The first-order valence-corrected chi connectivity index (χ1v) is 11.1. The molecular formula is C27H32O6. The second-order valence-corrected chi connectivity index (χ2v) is 7.86. The Hall–Kier alpha value is -3.22. The number of aliphatic hydroxyl groups is 2. The molecule has 0 aromatic heterocycles. The molecule has 0 aliphatic carbocycles. The molecule has 2 aromatic rings. The van der Waals surface area contributed by atoms with Crippen LogP contribution in [0.25, 0.3) is 11.1 Å². The van der Waals surface area contributed by atoms with Crippen LogP contribution in [0.5, 0.6) is 11.5 Å². The number of esters is 2. The van der Waals surface area contributed by atoms with Crippen molar-refractivity contribution in [1.29, 1.82) is 0 Å². The lowest BCUT2D eigenvalue weighted by atomic mass is 10.0. The first-order valence-electron chi connectivity index (χ1n) is 11.1. The van der Waals surface area contributed by atoms with E-state index in [9.17, 15) is 9.59 Å². The number of aliphatic hydroxyl groups excluding tert-OH is 2. The number of benzene rings is 2. The molecule has 2 aromatic carbocycles. The summed E-state index contributed by atoms with van der Waals surface area (Å²) in [6.07, 6.45) is 7.13. The molecule has 176 valence electrons. The zero-order chi connectivity index (χ0) is 24.2. The van der Waals surface area contributed by atoms with Gasteiger partial charge in [-0.1, -0.05) is 70.0 Å². The Morgan fingerprint density at radius 1 is 0.758 bits per heavy atom. The van der Waals surface area contributed by atoms with E-state index in [0.717, 1.165) is 18.4 Å². The number of rotatable bonds is 13. The molecule has 0 saturated carbocycles. The summed E-state index contributed by atoms with van der Waals surface area (Å²) < 4.78 is 10.6.